The Morgan fingerprint density at radius 3 is 2.50 bits per heavy atom. The third kappa shape index (κ3) is 6.39. The Labute approximate surface area is 112 Å². The number of aryl methyl sites for hydroxylation is 2. The van der Waals surface area contributed by atoms with E-state index in [1.807, 2.05) is 13.1 Å². The summed E-state index contributed by atoms with van der Waals surface area (Å²) >= 11 is 0. The van der Waals surface area contributed by atoms with Gasteiger partial charge in [0, 0.05) is 11.9 Å². The van der Waals surface area contributed by atoms with Crippen molar-refractivity contribution in [2.45, 2.75) is 52.4 Å². The maximum atomic E-state index is 4.31. The zero-order chi connectivity index (χ0) is 13.4. The Bertz CT molecular complexity index is 387. The molecule has 98 valence electrons. The van der Waals surface area contributed by atoms with Crippen molar-refractivity contribution < 1.29 is 0 Å². The second kappa shape index (κ2) is 7.86. The average Bonchev–Trinajstić information content (AvgIpc) is 2.34. The van der Waals surface area contributed by atoms with Gasteiger partial charge in [-0.3, -0.25) is 4.98 Å². The van der Waals surface area contributed by atoms with E-state index in [0.29, 0.717) is 0 Å². The maximum Gasteiger partial charge on any atom is 0.0372 e. The maximum absolute atomic E-state index is 4.31. The normalized spacial score (nSPS) is 10.3. The van der Waals surface area contributed by atoms with Gasteiger partial charge < -0.3 is 0 Å². The molecule has 1 heterocycles. The monoisotopic (exact) mass is 243 g/mol. The summed E-state index contributed by atoms with van der Waals surface area (Å²) in [5, 5.41) is 0. The van der Waals surface area contributed by atoms with Crippen LogP contribution >= 0.6 is 0 Å². The van der Waals surface area contributed by atoms with Gasteiger partial charge in [-0.2, -0.15) is 0 Å². The molecule has 0 aliphatic heterocycles. The molecule has 18 heavy (non-hydrogen) atoms. The van der Waals surface area contributed by atoms with Crippen molar-refractivity contribution in [2.75, 3.05) is 0 Å². The van der Waals surface area contributed by atoms with Crippen LogP contribution in [0, 0.1) is 6.92 Å². The minimum atomic E-state index is 1.08. The van der Waals surface area contributed by atoms with Crippen LogP contribution in [0.15, 0.2) is 42.6 Å². The zero-order valence-corrected chi connectivity index (χ0v) is 11.8. The second-order valence-electron chi connectivity index (χ2n) is 5.22. The van der Waals surface area contributed by atoms with Crippen LogP contribution in [0.5, 0.6) is 0 Å². The molecule has 0 aliphatic rings. The molecule has 0 radical (unpaired) electrons. The molecule has 0 atom stereocenters. The second-order valence-corrected chi connectivity index (χ2v) is 5.22. The summed E-state index contributed by atoms with van der Waals surface area (Å²) in [4.78, 5) is 4.31. The van der Waals surface area contributed by atoms with E-state index in [9.17, 15) is 0 Å². The van der Waals surface area contributed by atoms with E-state index >= 15 is 0 Å². The number of allylic oxidation sites excluding steroid dienone is 2. The first-order valence-electron chi connectivity index (χ1n) is 6.80. The third-order valence-electron chi connectivity index (χ3n) is 3.12. The molecule has 1 aromatic heterocycles. The standard InChI is InChI=1S/C17H25N/c1-14(2)9-10-15(3)7-5-6-8-17-12-11-16(4)18-13-17/h11-13H,1,3,5-10H2,2,4H3. The Kier molecular flexibility index (Phi) is 6.42. The topological polar surface area (TPSA) is 12.9 Å². The number of pyridine rings is 1. The Morgan fingerprint density at radius 1 is 1.11 bits per heavy atom. The summed E-state index contributed by atoms with van der Waals surface area (Å²) in [6.45, 7) is 12.2. The fourth-order valence-electron chi connectivity index (χ4n) is 1.87. The molecule has 0 N–H and O–H groups in total. The highest BCUT2D eigenvalue weighted by atomic mass is 14.6. The fraction of sp³-hybridized carbons (Fsp3) is 0.471. The number of hydrogen-bond donors (Lipinski definition) is 0. The molecule has 0 unspecified atom stereocenters. The quantitative estimate of drug-likeness (QED) is 0.461. The predicted octanol–water partition coefficient (Wildman–Crippen LogP) is 5.02. The van der Waals surface area contributed by atoms with Crippen LogP contribution in [0.25, 0.3) is 0 Å². The number of unbranched alkanes of at least 4 members (excludes halogenated alkanes) is 1. The first-order chi connectivity index (χ1) is 8.58. The molecule has 0 aliphatic carbocycles. The fourth-order valence-corrected chi connectivity index (χ4v) is 1.87. The molecule has 0 aromatic carbocycles. The molecule has 1 heteroatoms. The van der Waals surface area contributed by atoms with Gasteiger partial charge in [0.1, 0.15) is 0 Å². The summed E-state index contributed by atoms with van der Waals surface area (Å²) in [6, 6.07) is 4.26. The van der Waals surface area contributed by atoms with Crippen LogP contribution in [0.4, 0.5) is 0 Å². The smallest absolute Gasteiger partial charge is 0.0372 e. The number of nitrogens with zero attached hydrogens (tertiary/aromatic N) is 1. The van der Waals surface area contributed by atoms with E-state index in [1.54, 1.807) is 0 Å². The van der Waals surface area contributed by atoms with Crippen LogP contribution in [-0.4, -0.2) is 4.98 Å². The van der Waals surface area contributed by atoms with Crippen molar-refractivity contribution in [3.8, 4) is 0 Å². The average molecular weight is 243 g/mol. The highest BCUT2D eigenvalue weighted by Crippen LogP contribution is 2.15. The molecule has 1 aromatic rings. The Hall–Kier alpha value is -1.37. The van der Waals surface area contributed by atoms with E-state index in [1.165, 1.54) is 29.6 Å². The molecule has 0 spiro atoms. The van der Waals surface area contributed by atoms with Gasteiger partial charge in [-0.25, -0.2) is 0 Å². The van der Waals surface area contributed by atoms with Crippen LogP contribution < -0.4 is 0 Å². The van der Waals surface area contributed by atoms with Gasteiger partial charge in [-0.1, -0.05) is 23.8 Å². The van der Waals surface area contributed by atoms with E-state index < -0.39 is 0 Å². The summed E-state index contributed by atoms with van der Waals surface area (Å²) in [5.41, 5.74) is 5.04. The first kappa shape index (κ1) is 14.7. The lowest BCUT2D eigenvalue weighted by atomic mass is 10.0. The van der Waals surface area contributed by atoms with Crippen LogP contribution in [-0.2, 0) is 6.42 Å². The highest BCUT2D eigenvalue weighted by Gasteiger charge is 1.98. The van der Waals surface area contributed by atoms with Crippen molar-refractivity contribution in [1.82, 2.24) is 4.98 Å². The lowest BCUT2D eigenvalue weighted by molar-refractivity contribution is 0.707. The minimum absolute atomic E-state index is 1.08. The number of hydrogen-bond acceptors (Lipinski definition) is 1. The van der Waals surface area contributed by atoms with Gasteiger partial charge in [0.2, 0.25) is 0 Å². The van der Waals surface area contributed by atoms with Crippen LogP contribution in [0.1, 0.15) is 50.3 Å². The van der Waals surface area contributed by atoms with E-state index in [2.05, 4.69) is 37.2 Å². The number of rotatable bonds is 8. The van der Waals surface area contributed by atoms with Gasteiger partial charge in [0.15, 0.2) is 0 Å². The molecular formula is C17H25N. The molecule has 0 bridgehead atoms. The van der Waals surface area contributed by atoms with Crippen molar-refractivity contribution in [3.63, 3.8) is 0 Å². The largest absolute Gasteiger partial charge is 0.261 e. The lowest BCUT2D eigenvalue weighted by Crippen LogP contribution is -1.90. The van der Waals surface area contributed by atoms with E-state index in [4.69, 9.17) is 0 Å². The Balaban J connectivity index is 2.13. The lowest BCUT2D eigenvalue weighted by Gasteiger charge is -2.06. The van der Waals surface area contributed by atoms with Crippen LogP contribution in [0.2, 0.25) is 0 Å². The van der Waals surface area contributed by atoms with Gasteiger partial charge in [0.25, 0.3) is 0 Å². The number of aromatic nitrogens is 1. The van der Waals surface area contributed by atoms with Crippen molar-refractivity contribution in [2.24, 2.45) is 0 Å². The summed E-state index contributed by atoms with van der Waals surface area (Å²) in [5.74, 6) is 0. The van der Waals surface area contributed by atoms with Gasteiger partial charge in [-0.05, 0) is 64.0 Å². The highest BCUT2D eigenvalue weighted by molar-refractivity contribution is 5.13. The summed E-state index contributed by atoms with van der Waals surface area (Å²) in [7, 11) is 0. The van der Waals surface area contributed by atoms with Crippen LogP contribution in [0.3, 0.4) is 0 Å². The third-order valence-corrected chi connectivity index (χ3v) is 3.12. The minimum Gasteiger partial charge on any atom is -0.261 e. The van der Waals surface area contributed by atoms with Crippen molar-refractivity contribution in [1.29, 1.82) is 0 Å². The molecule has 0 saturated carbocycles. The van der Waals surface area contributed by atoms with Gasteiger partial charge in [0.05, 0.1) is 0 Å². The molecule has 0 fully saturated rings. The first-order valence-corrected chi connectivity index (χ1v) is 6.80. The predicted molar refractivity (Wildman–Crippen MR) is 79.7 cm³/mol. The van der Waals surface area contributed by atoms with Crippen molar-refractivity contribution >= 4 is 0 Å². The van der Waals surface area contributed by atoms with Gasteiger partial charge >= 0.3 is 0 Å². The summed E-state index contributed by atoms with van der Waals surface area (Å²) < 4.78 is 0. The zero-order valence-electron chi connectivity index (χ0n) is 11.8. The van der Waals surface area contributed by atoms with Crippen molar-refractivity contribution in [3.05, 3.63) is 53.9 Å². The molecule has 0 saturated heterocycles. The van der Waals surface area contributed by atoms with Gasteiger partial charge in [-0.15, -0.1) is 6.58 Å². The van der Waals surface area contributed by atoms with E-state index in [-0.39, 0.29) is 0 Å². The van der Waals surface area contributed by atoms with E-state index in [0.717, 1.165) is 31.4 Å². The molecule has 1 rings (SSSR count). The molecular weight excluding hydrogens is 218 g/mol. The molecule has 0 amide bonds. The SMILES string of the molecule is C=C(C)CCC(=C)CCCCc1ccc(C)nc1. The summed E-state index contributed by atoms with van der Waals surface area (Å²) in [6.07, 6.45) is 8.89. The Morgan fingerprint density at radius 2 is 1.89 bits per heavy atom. The molecule has 1 nitrogen and oxygen atoms in total.